The lowest BCUT2D eigenvalue weighted by atomic mass is 10.1. The van der Waals surface area contributed by atoms with Gasteiger partial charge in [0.15, 0.2) is 0 Å². The Morgan fingerprint density at radius 2 is 1.93 bits per heavy atom. The zero-order valence-corrected chi connectivity index (χ0v) is 17.8. The van der Waals surface area contributed by atoms with E-state index in [-0.39, 0.29) is 29.9 Å². The number of carbonyl (C=O) groups excluding carboxylic acids is 1. The predicted molar refractivity (Wildman–Crippen MR) is 116 cm³/mol. The van der Waals surface area contributed by atoms with Gasteiger partial charge in [-0.2, -0.15) is 0 Å². The number of anilines is 1. The van der Waals surface area contributed by atoms with E-state index in [9.17, 15) is 14.9 Å². The van der Waals surface area contributed by atoms with Gasteiger partial charge in [0, 0.05) is 43.3 Å². The molecule has 1 heterocycles. The fourth-order valence-corrected chi connectivity index (χ4v) is 3.90. The summed E-state index contributed by atoms with van der Waals surface area (Å²) in [5.74, 6) is 0.0747. The first-order valence-corrected chi connectivity index (χ1v) is 10.1. The standard InChI is InChI=1S/C21H25ClN4O4/c1-15(17-5-3-4-6-18(17)22)25-11-9-24(10-12-25)14-21(27)23-19-8-7-16(26(28)29)13-20(19)30-2/h3-8,13,15H,9-12,14H2,1-2H3,(H,23,27). The van der Waals surface area contributed by atoms with Gasteiger partial charge in [0.05, 0.1) is 30.3 Å². The van der Waals surface area contributed by atoms with E-state index >= 15 is 0 Å². The highest BCUT2D eigenvalue weighted by Gasteiger charge is 2.24. The van der Waals surface area contributed by atoms with Gasteiger partial charge in [0.2, 0.25) is 5.91 Å². The lowest BCUT2D eigenvalue weighted by molar-refractivity contribution is -0.384. The van der Waals surface area contributed by atoms with E-state index in [4.69, 9.17) is 16.3 Å². The smallest absolute Gasteiger partial charge is 0.273 e. The van der Waals surface area contributed by atoms with Gasteiger partial charge < -0.3 is 10.1 Å². The zero-order chi connectivity index (χ0) is 21.7. The molecule has 1 aliphatic rings. The van der Waals surface area contributed by atoms with E-state index in [0.29, 0.717) is 5.69 Å². The largest absolute Gasteiger partial charge is 0.494 e. The van der Waals surface area contributed by atoms with Gasteiger partial charge in [-0.1, -0.05) is 29.8 Å². The number of nitro groups is 1. The molecule has 1 atom stereocenters. The van der Waals surface area contributed by atoms with Crippen LogP contribution in [-0.2, 0) is 4.79 Å². The Balaban J connectivity index is 1.53. The summed E-state index contributed by atoms with van der Waals surface area (Å²) >= 11 is 6.33. The van der Waals surface area contributed by atoms with E-state index in [2.05, 4.69) is 22.0 Å². The molecular formula is C21H25ClN4O4. The third kappa shape index (κ3) is 5.27. The minimum Gasteiger partial charge on any atom is -0.494 e. The Bertz CT molecular complexity index is 916. The number of hydrogen-bond acceptors (Lipinski definition) is 6. The van der Waals surface area contributed by atoms with Crippen molar-refractivity contribution in [2.24, 2.45) is 0 Å². The van der Waals surface area contributed by atoms with Crippen molar-refractivity contribution in [1.29, 1.82) is 0 Å². The molecule has 1 aliphatic heterocycles. The van der Waals surface area contributed by atoms with Crippen LogP contribution in [-0.4, -0.2) is 60.5 Å². The Kier molecular flexibility index (Phi) is 7.25. The number of nitro benzene ring substituents is 1. The van der Waals surface area contributed by atoms with Crippen molar-refractivity contribution in [2.45, 2.75) is 13.0 Å². The zero-order valence-electron chi connectivity index (χ0n) is 17.0. The molecular weight excluding hydrogens is 408 g/mol. The van der Waals surface area contributed by atoms with Crippen molar-refractivity contribution in [3.8, 4) is 5.75 Å². The molecule has 30 heavy (non-hydrogen) atoms. The number of methoxy groups -OCH3 is 1. The third-order valence-corrected chi connectivity index (χ3v) is 5.69. The highest BCUT2D eigenvalue weighted by Crippen LogP contribution is 2.29. The number of piperazine rings is 1. The average molecular weight is 433 g/mol. The van der Waals surface area contributed by atoms with Crippen molar-refractivity contribution in [3.63, 3.8) is 0 Å². The summed E-state index contributed by atoms with van der Waals surface area (Å²) in [5.41, 5.74) is 1.43. The lowest BCUT2D eigenvalue weighted by Gasteiger charge is -2.38. The van der Waals surface area contributed by atoms with Gasteiger partial charge in [-0.3, -0.25) is 24.7 Å². The summed E-state index contributed by atoms with van der Waals surface area (Å²) in [6, 6.07) is 12.2. The maximum atomic E-state index is 12.5. The molecule has 1 amide bonds. The second kappa shape index (κ2) is 9.88. The van der Waals surface area contributed by atoms with Gasteiger partial charge in [-0.15, -0.1) is 0 Å². The summed E-state index contributed by atoms with van der Waals surface area (Å²) in [6.45, 7) is 5.58. The van der Waals surface area contributed by atoms with Gasteiger partial charge in [0.25, 0.3) is 5.69 Å². The Morgan fingerprint density at radius 3 is 2.57 bits per heavy atom. The summed E-state index contributed by atoms with van der Waals surface area (Å²) < 4.78 is 5.17. The number of hydrogen-bond donors (Lipinski definition) is 1. The first-order valence-electron chi connectivity index (χ1n) is 9.72. The van der Waals surface area contributed by atoms with Crippen LogP contribution in [0.25, 0.3) is 0 Å². The molecule has 1 fully saturated rings. The van der Waals surface area contributed by atoms with Gasteiger partial charge >= 0.3 is 0 Å². The second-order valence-electron chi connectivity index (χ2n) is 7.20. The van der Waals surface area contributed by atoms with E-state index in [1.54, 1.807) is 0 Å². The van der Waals surface area contributed by atoms with Crippen molar-refractivity contribution >= 4 is 28.9 Å². The molecule has 1 unspecified atom stereocenters. The summed E-state index contributed by atoms with van der Waals surface area (Å²) in [4.78, 5) is 27.3. The monoisotopic (exact) mass is 432 g/mol. The van der Waals surface area contributed by atoms with Gasteiger partial charge in [-0.25, -0.2) is 0 Å². The molecule has 0 radical (unpaired) electrons. The van der Waals surface area contributed by atoms with Gasteiger partial charge in [0.1, 0.15) is 5.75 Å². The molecule has 1 N–H and O–H groups in total. The fraction of sp³-hybridized carbons (Fsp3) is 0.381. The number of halogens is 1. The Morgan fingerprint density at radius 1 is 1.23 bits per heavy atom. The number of carbonyl (C=O) groups is 1. The molecule has 0 aromatic heterocycles. The van der Waals surface area contributed by atoms with Crippen LogP contribution in [0.5, 0.6) is 5.75 Å². The molecule has 0 aliphatic carbocycles. The van der Waals surface area contributed by atoms with E-state index < -0.39 is 4.92 Å². The quantitative estimate of drug-likeness (QED) is 0.531. The topological polar surface area (TPSA) is 87.9 Å². The average Bonchev–Trinajstić information content (AvgIpc) is 2.74. The number of amides is 1. The van der Waals surface area contributed by atoms with E-state index in [0.717, 1.165) is 36.8 Å². The Labute approximate surface area is 180 Å². The molecule has 2 aromatic carbocycles. The molecule has 9 heteroatoms. The third-order valence-electron chi connectivity index (χ3n) is 5.35. The van der Waals surface area contributed by atoms with Crippen molar-refractivity contribution in [1.82, 2.24) is 9.80 Å². The molecule has 8 nitrogen and oxygen atoms in total. The maximum absolute atomic E-state index is 12.5. The van der Waals surface area contributed by atoms with Crippen LogP contribution < -0.4 is 10.1 Å². The first kappa shape index (κ1) is 22.0. The van der Waals surface area contributed by atoms with Crippen LogP contribution in [0.4, 0.5) is 11.4 Å². The number of rotatable bonds is 7. The minimum atomic E-state index is -0.503. The lowest BCUT2D eigenvalue weighted by Crippen LogP contribution is -2.49. The molecule has 1 saturated heterocycles. The molecule has 0 bridgehead atoms. The van der Waals surface area contributed by atoms with E-state index in [1.807, 2.05) is 24.3 Å². The first-order chi connectivity index (χ1) is 14.4. The predicted octanol–water partition coefficient (Wildman–Crippen LogP) is 3.57. The summed E-state index contributed by atoms with van der Waals surface area (Å²) in [6.07, 6.45) is 0. The molecule has 160 valence electrons. The van der Waals surface area contributed by atoms with Crippen LogP contribution in [0, 0.1) is 10.1 Å². The van der Waals surface area contributed by atoms with Crippen LogP contribution in [0.3, 0.4) is 0 Å². The van der Waals surface area contributed by atoms with Crippen LogP contribution in [0.1, 0.15) is 18.5 Å². The maximum Gasteiger partial charge on any atom is 0.273 e. The van der Waals surface area contributed by atoms with E-state index in [1.165, 1.54) is 25.3 Å². The number of nitrogens with one attached hydrogen (secondary N) is 1. The number of benzene rings is 2. The van der Waals surface area contributed by atoms with Crippen molar-refractivity contribution in [3.05, 3.63) is 63.2 Å². The second-order valence-corrected chi connectivity index (χ2v) is 7.61. The van der Waals surface area contributed by atoms with Crippen LogP contribution >= 0.6 is 11.6 Å². The minimum absolute atomic E-state index is 0.0892. The normalized spacial score (nSPS) is 16.1. The van der Waals surface area contributed by atoms with Crippen LogP contribution in [0.2, 0.25) is 5.02 Å². The summed E-state index contributed by atoms with van der Waals surface area (Å²) in [7, 11) is 1.41. The van der Waals surface area contributed by atoms with Crippen molar-refractivity contribution < 1.29 is 14.5 Å². The SMILES string of the molecule is COc1cc([N+](=O)[O-])ccc1NC(=O)CN1CCN(C(C)c2ccccc2Cl)CC1. The van der Waals surface area contributed by atoms with Gasteiger partial charge in [-0.05, 0) is 24.6 Å². The van der Waals surface area contributed by atoms with Crippen LogP contribution in [0.15, 0.2) is 42.5 Å². The molecule has 2 aromatic rings. The summed E-state index contributed by atoms with van der Waals surface area (Å²) in [5, 5.41) is 14.4. The molecule has 3 rings (SSSR count). The fourth-order valence-electron chi connectivity index (χ4n) is 3.61. The number of non-ortho nitro benzene ring substituents is 1. The number of ether oxygens (including phenoxy) is 1. The number of nitrogens with zero attached hydrogens (tertiary/aromatic N) is 3. The Hall–Kier alpha value is -2.68. The highest BCUT2D eigenvalue weighted by molar-refractivity contribution is 6.31. The highest BCUT2D eigenvalue weighted by atomic mass is 35.5. The molecule has 0 saturated carbocycles. The van der Waals surface area contributed by atoms with Crippen molar-refractivity contribution in [2.75, 3.05) is 45.2 Å². The molecule has 0 spiro atoms.